The average Bonchev–Trinajstić information content (AvgIpc) is 2.53. The van der Waals surface area contributed by atoms with Crippen molar-refractivity contribution in [2.75, 3.05) is 21.1 Å². The third-order valence-corrected chi connectivity index (χ3v) is 3.71. The second kappa shape index (κ2) is 6.50. The summed E-state index contributed by atoms with van der Waals surface area (Å²) in [6.07, 6.45) is 1.66. The zero-order chi connectivity index (χ0) is 15.4. The Hall–Kier alpha value is -2.20. The molecular weight excluding hydrogens is 262 g/mol. The molecule has 2 rings (SSSR count). The van der Waals surface area contributed by atoms with E-state index in [0.717, 1.165) is 11.3 Å². The van der Waals surface area contributed by atoms with Gasteiger partial charge in [-0.05, 0) is 38.7 Å². The zero-order valence-corrected chi connectivity index (χ0v) is 12.9. The maximum atomic E-state index is 11.7. The Morgan fingerprint density at radius 2 is 1.86 bits per heavy atom. The largest absolute Gasteiger partial charge is 0.355 e. The number of hydrogen-bond donors (Lipinski definition) is 1. The molecule has 2 aromatic rings. The Labute approximate surface area is 125 Å². The van der Waals surface area contributed by atoms with Gasteiger partial charge in [0, 0.05) is 30.4 Å². The monoisotopic (exact) mass is 283 g/mol. The van der Waals surface area contributed by atoms with E-state index in [-0.39, 0.29) is 5.91 Å². The van der Waals surface area contributed by atoms with Crippen LogP contribution in [-0.2, 0) is 0 Å². The second-order valence-electron chi connectivity index (χ2n) is 5.27. The van der Waals surface area contributed by atoms with Gasteiger partial charge in [0.25, 0.3) is 5.91 Å². The highest BCUT2D eigenvalue weighted by atomic mass is 16.1. The van der Waals surface area contributed by atoms with Crippen LogP contribution in [0.2, 0.25) is 0 Å². The number of hydrogen-bond acceptors (Lipinski definition) is 3. The van der Waals surface area contributed by atoms with Gasteiger partial charge in [0.15, 0.2) is 0 Å². The van der Waals surface area contributed by atoms with Crippen molar-refractivity contribution >= 4 is 5.91 Å². The van der Waals surface area contributed by atoms with Crippen molar-refractivity contribution < 1.29 is 4.79 Å². The van der Waals surface area contributed by atoms with Crippen LogP contribution in [-0.4, -0.2) is 36.9 Å². The van der Waals surface area contributed by atoms with Crippen LogP contribution in [0.15, 0.2) is 42.6 Å². The summed E-state index contributed by atoms with van der Waals surface area (Å²) in [6.45, 7) is 2.17. The average molecular weight is 283 g/mol. The van der Waals surface area contributed by atoms with Gasteiger partial charge >= 0.3 is 0 Å². The van der Waals surface area contributed by atoms with Gasteiger partial charge < -0.3 is 10.2 Å². The number of rotatable bonds is 4. The lowest BCUT2D eigenvalue weighted by atomic mass is 10.0. The van der Waals surface area contributed by atoms with Gasteiger partial charge in [-0.1, -0.05) is 24.3 Å². The van der Waals surface area contributed by atoms with Crippen LogP contribution >= 0.6 is 0 Å². The van der Waals surface area contributed by atoms with Crippen LogP contribution in [0.1, 0.15) is 28.9 Å². The summed E-state index contributed by atoms with van der Waals surface area (Å²) in [5, 5.41) is 2.62. The number of nitrogens with zero attached hydrogens (tertiary/aromatic N) is 2. The molecule has 110 valence electrons. The van der Waals surface area contributed by atoms with Crippen LogP contribution in [0.3, 0.4) is 0 Å². The number of pyridine rings is 1. The van der Waals surface area contributed by atoms with E-state index >= 15 is 0 Å². The fourth-order valence-electron chi connectivity index (χ4n) is 2.10. The van der Waals surface area contributed by atoms with Crippen molar-refractivity contribution in [3.8, 4) is 11.3 Å². The number of aromatic nitrogens is 1. The maximum absolute atomic E-state index is 11.7. The lowest BCUT2D eigenvalue weighted by Gasteiger charge is -2.20. The summed E-state index contributed by atoms with van der Waals surface area (Å²) in [6, 6.07) is 12.2. The first kappa shape index (κ1) is 15.2. The minimum Gasteiger partial charge on any atom is -0.355 e. The van der Waals surface area contributed by atoms with E-state index in [1.165, 1.54) is 5.56 Å². The summed E-state index contributed by atoms with van der Waals surface area (Å²) < 4.78 is 0. The Balaban J connectivity index is 2.29. The Morgan fingerprint density at radius 3 is 2.43 bits per heavy atom. The number of carbonyl (C=O) groups excluding carboxylic acids is 1. The molecule has 1 unspecified atom stereocenters. The quantitative estimate of drug-likeness (QED) is 0.938. The molecule has 0 aliphatic carbocycles. The molecule has 0 fully saturated rings. The topological polar surface area (TPSA) is 45.2 Å². The first-order valence-electron chi connectivity index (χ1n) is 6.98. The predicted octanol–water partition coefficient (Wildman–Crippen LogP) is 2.73. The van der Waals surface area contributed by atoms with Crippen molar-refractivity contribution in [1.29, 1.82) is 0 Å². The first-order chi connectivity index (χ1) is 10.0. The molecule has 0 aliphatic heterocycles. The van der Waals surface area contributed by atoms with E-state index in [4.69, 9.17) is 0 Å². The molecule has 1 amide bonds. The Morgan fingerprint density at radius 1 is 1.19 bits per heavy atom. The van der Waals surface area contributed by atoms with Crippen LogP contribution in [0.25, 0.3) is 11.3 Å². The van der Waals surface area contributed by atoms with Gasteiger partial charge in [-0.3, -0.25) is 9.78 Å². The number of benzene rings is 1. The van der Waals surface area contributed by atoms with Gasteiger partial charge in [-0.25, -0.2) is 0 Å². The molecule has 0 aliphatic rings. The molecule has 1 aromatic heterocycles. The molecule has 4 heteroatoms. The molecule has 1 N–H and O–H groups in total. The lowest BCUT2D eigenvalue weighted by Crippen LogP contribution is -2.17. The van der Waals surface area contributed by atoms with Gasteiger partial charge in [0.05, 0.1) is 5.69 Å². The van der Waals surface area contributed by atoms with E-state index in [2.05, 4.69) is 48.4 Å². The fraction of sp³-hybridized carbons (Fsp3) is 0.294. The van der Waals surface area contributed by atoms with Gasteiger partial charge in [0.2, 0.25) is 0 Å². The summed E-state index contributed by atoms with van der Waals surface area (Å²) in [4.78, 5) is 18.2. The second-order valence-corrected chi connectivity index (χ2v) is 5.27. The zero-order valence-electron chi connectivity index (χ0n) is 12.9. The van der Waals surface area contributed by atoms with E-state index in [0.29, 0.717) is 11.6 Å². The summed E-state index contributed by atoms with van der Waals surface area (Å²) in [5.41, 5.74) is 3.69. The third kappa shape index (κ3) is 3.47. The Bertz CT molecular complexity index is 620. The standard InChI is InChI=1S/C17H21N3O/c1-12(20(3)4)13-5-7-14(8-6-13)16-11-15(9-10-19-16)17(21)18-2/h5-12H,1-4H3,(H,18,21). The molecule has 0 saturated carbocycles. The number of nitrogens with one attached hydrogen (secondary N) is 1. The highest BCUT2D eigenvalue weighted by Gasteiger charge is 2.09. The molecule has 21 heavy (non-hydrogen) atoms. The smallest absolute Gasteiger partial charge is 0.251 e. The van der Waals surface area contributed by atoms with E-state index < -0.39 is 0 Å². The molecule has 1 aromatic carbocycles. The van der Waals surface area contributed by atoms with Crippen molar-refractivity contribution in [2.45, 2.75) is 13.0 Å². The molecule has 0 spiro atoms. The SMILES string of the molecule is CNC(=O)c1ccnc(-c2ccc(C(C)N(C)C)cc2)c1. The summed E-state index contributed by atoms with van der Waals surface area (Å²) in [5.74, 6) is -0.100. The lowest BCUT2D eigenvalue weighted by molar-refractivity contribution is 0.0963. The van der Waals surface area contributed by atoms with Gasteiger partial charge in [0.1, 0.15) is 0 Å². The summed E-state index contributed by atoms with van der Waals surface area (Å²) >= 11 is 0. The molecule has 0 saturated heterocycles. The summed E-state index contributed by atoms with van der Waals surface area (Å²) in [7, 11) is 5.75. The normalized spacial score (nSPS) is 12.2. The van der Waals surface area contributed by atoms with Crippen molar-refractivity contribution in [1.82, 2.24) is 15.2 Å². The van der Waals surface area contributed by atoms with E-state index in [1.54, 1.807) is 19.3 Å². The van der Waals surface area contributed by atoms with Crippen LogP contribution in [0, 0.1) is 0 Å². The maximum Gasteiger partial charge on any atom is 0.251 e. The van der Waals surface area contributed by atoms with Crippen molar-refractivity contribution in [3.63, 3.8) is 0 Å². The Kier molecular flexibility index (Phi) is 4.70. The molecule has 1 heterocycles. The minimum absolute atomic E-state index is 0.100. The molecule has 0 bridgehead atoms. The molecule has 4 nitrogen and oxygen atoms in total. The van der Waals surface area contributed by atoms with Crippen LogP contribution in [0.5, 0.6) is 0 Å². The molecule has 1 atom stereocenters. The minimum atomic E-state index is -0.100. The molecular formula is C17H21N3O. The van der Waals surface area contributed by atoms with Crippen LogP contribution in [0.4, 0.5) is 0 Å². The number of carbonyl (C=O) groups is 1. The van der Waals surface area contributed by atoms with Gasteiger partial charge in [-0.15, -0.1) is 0 Å². The van der Waals surface area contributed by atoms with Gasteiger partial charge in [-0.2, -0.15) is 0 Å². The van der Waals surface area contributed by atoms with Crippen molar-refractivity contribution in [2.24, 2.45) is 0 Å². The van der Waals surface area contributed by atoms with Crippen molar-refractivity contribution in [3.05, 3.63) is 53.7 Å². The van der Waals surface area contributed by atoms with E-state index in [9.17, 15) is 4.79 Å². The highest BCUT2D eigenvalue weighted by Crippen LogP contribution is 2.22. The number of amides is 1. The van der Waals surface area contributed by atoms with Crippen LogP contribution < -0.4 is 5.32 Å². The third-order valence-electron chi connectivity index (χ3n) is 3.71. The van der Waals surface area contributed by atoms with E-state index in [1.807, 2.05) is 18.2 Å². The highest BCUT2D eigenvalue weighted by molar-refractivity contribution is 5.94. The molecule has 0 radical (unpaired) electrons. The fourth-order valence-corrected chi connectivity index (χ4v) is 2.10. The first-order valence-corrected chi connectivity index (χ1v) is 6.98. The predicted molar refractivity (Wildman–Crippen MR) is 85.2 cm³/mol.